The number of rotatable bonds is 3. The number of aryl methyl sites for hydroxylation is 2. The van der Waals surface area contributed by atoms with E-state index >= 15 is 0 Å². The van der Waals surface area contributed by atoms with Gasteiger partial charge in [0.05, 0.1) is 0 Å². The fraction of sp³-hybridized carbons (Fsp3) is 0.250. The van der Waals surface area contributed by atoms with Crippen LogP contribution in [-0.4, -0.2) is 0 Å². The van der Waals surface area contributed by atoms with Crippen LogP contribution in [0.4, 0.5) is 4.39 Å². The molecular formula is C16H16BrFO. The number of hydrogen-bond acceptors (Lipinski definition) is 1. The van der Waals surface area contributed by atoms with Gasteiger partial charge < -0.3 is 4.74 Å². The first kappa shape index (κ1) is 14.1. The first-order valence-corrected chi connectivity index (χ1v) is 7.24. The molecule has 0 spiro atoms. The zero-order chi connectivity index (χ0) is 14.0. The van der Waals surface area contributed by atoms with E-state index in [1.165, 1.54) is 6.07 Å². The van der Waals surface area contributed by atoms with Crippen LogP contribution in [0.3, 0.4) is 0 Å². The van der Waals surface area contributed by atoms with Crippen molar-refractivity contribution >= 4 is 15.9 Å². The van der Waals surface area contributed by atoms with E-state index in [-0.39, 0.29) is 5.82 Å². The molecule has 0 aromatic heterocycles. The lowest BCUT2D eigenvalue weighted by Crippen LogP contribution is -1.97. The molecule has 0 atom stereocenters. The molecular weight excluding hydrogens is 307 g/mol. The predicted octanol–water partition coefficient (Wildman–Crippen LogP) is 5.44. The van der Waals surface area contributed by atoms with Gasteiger partial charge in [0.2, 0.25) is 0 Å². The van der Waals surface area contributed by atoms with Gasteiger partial charge in [-0.1, -0.05) is 34.1 Å². The molecule has 0 heterocycles. The van der Waals surface area contributed by atoms with E-state index in [1.54, 1.807) is 12.1 Å². The maximum Gasteiger partial charge on any atom is 0.134 e. The van der Waals surface area contributed by atoms with E-state index in [9.17, 15) is 4.39 Å². The van der Waals surface area contributed by atoms with Crippen LogP contribution in [0.1, 0.15) is 22.3 Å². The van der Waals surface area contributed by atoms with Gasteiger partial charge in [-0.15, -0.1) is 0 Å². The first-order valence-electron chi connectivity index (χ1n) is 6.12. The molecule has 0 saturated carbocycles. The van der Waals surface area contributed by atoms with Crippen molar-refractivity contribution in [3.8, 4) is 11.5 Å². The Bertz CT molecular complexity index is 608. The lowest BCUT2D eigenvalue weighted by atomic mass is 10.1. The summed E-state index contributed by atoms with van der Waals surface area (Å²) in [5, 5.41) is 0.429. The highest BCUT2D eigenvalue weighted by Crippen LogP contribution is 2.33. The maximum atomic E-state index is 13.7. The number of benzene rings is 2. The van der Waals surface area contributed by atoms with Crippen LogP contribution >= 0.6 is 15.9 Å². The van der Waals surface area contributed by atoms with Crippen LogP contribution in [0, 0.1) is 26.6 Å². The highest BCUT2D eigenvalue weighted by Gasteiger charge is 2.12. The highest BCUT2D eigenvalue weighted by atomic mass is 79.9. The Kier molecular flexibility index (Phi) is 4.25. The molecule has 1 nitrogen and oxygen atoms in total. The van der Waals surface area contributed by atoms with Gasteiger partial charge in [0.15, 0.2) is 0 Å². The molecule has 3 heteroatoms. The third-order valence-corrected chi connectivity index (χ3v) is 3.86. The van der Waals surface area contributed by atoms with Crippen molar-refractivity contribution in [1.82, 2.24) is 0 Å². The first-order chi connectivity index (χ1) is 9.04. The molecule has 0 bridgehead atoms. The van der Waals surface area contributed by atoms with Crippen molar-refractivity contribution < 1.29 is 9.13 Å². The van der Waals surface area contributed by atoms with Gasteiger partial charge in [-0.2, -0.15) is 0 Å². The minimum absolute atomic E-state index is 0.252. The third kappa shape index (κ3) is 2.81. The number of ether oxygens (including phenoxy) is 1. The Hall–Kier alpha value is -1.35. The maximum absolute atomic E-state index is 13.7. The van der Waals surface area contributed by atoms with Crippen LogP contribution in [0.25, 0.3) is 0 Å². The van der Waals surface area contributed by atoms with E-state index < -0.39 is 0 Å². The van der Waals surface area contributed by atoms with Gasteiger partial charge in [-0.05, 0) is 49.6 Å². The molecule has 19 heavy (non-hydrogen) atoms. The van der Waals surface area contributed by atoms with Crippen LogP contribution in [0.2, 0.25) is 0 Å². The summed E-state index contributed by atoms with van der Waals surface area (Å²) >= 11 is 3.30. The van der Waals surface area contributed by atoms with Gasteiger partial charge in [0, 0.05) is 10.9 Å². The summed E-state index contributed by atoms with van der Waals surface area (Å²) in [6, 6.07) is 8.98. The van der Waals surface area contributed by atoms with Crippen molar-refractivity contribution in [2.45, 2.75) is 26.1 Å². The largest absolute Gasteiger partial charge is 0.456 e. The Labute approximate surface area is 121 Å². The Morgan fingerprint density at radius 2 is 1.74 bits per heavy atom. The molecule has 2 aromatic rings. The second kappa shape index (κ2) is 5.74. The zero-order valence-corrected chi connectivity index (χ0v) is 12.8. The molecule has 0 amide bonds. The van der Waals surface area contributed by atoms with Gasteiger partial charge in [-0.3, -0.25) is 0 Å². The summed E-state index contributed by atoms with van der Waals surface area (Å²) in [6.07, 6.45) is 0. The van der Waals surface area contributed by atoms with Crippen molar-refractivity contribution in [2.75, 3.05) is 0 Å². The number of alkyl halides is 1. The number of halogens is 2. The molecule has 0 fully saturated rings. The van der Waals surface area contributed by atoms with Crippen molar-refractivity contribution in [3.63, 3.8) is 0 Å². The molecule has 0 saturated heterocycles. The summed E-state index contributed by atoms with van der Waals surface area (Å²) in [7, 11) is 0. The van der Waals surface area contributed by atoms with E-state index in [1.807, 2.05) is 26.8 Å². The molecule has 100 valence electrons. The molecule has 0 aliphatic rings. The molecule has 2 rings (SSSR count). The molecule has 0 radical (unpaired) electrons. The predicted molar refractivity (Wildman–Crippen MR) is 79.8 cm³/mol. The van der Waals surface area contributed by atoms with E-state index in [2.05, 4.69) is 22.0 Å². The Balaban J connectivity index is 2.48. The average Bonchev–Trinajstić information content (AvgIpc) is 2.39. The monoisotopic (exact) mass is 322 g/mol. The van der Waals surface area contributed by atoms with Crippen LogP contribution < -0.4 is 4.74 Å². The van der Waals surface area contributed by atoms with Crippen LogP contribution in [-0.2, 0) is 5.33 Å². The molecule has 0 unspecified atom stereocenters. The van der Waals surface area contributed by atoms with E-state index in [0.717, 1.165) is 22.4 Å². The van der Waals surface area contributed by atoms with Gasteiger partial charge >= 0.3 is 0 Å². The van der Waals surface area contributed by atoms with E-state index in [0.29, 0.717) is 16.6 Å². The molecule has 0 aliphatic carbocycles. The summed E-state index contributed by atoms with van der Waals surface area (Å²) in [5.74, 6) is 1.12. The topological polar surface area (TPSA) is 9.23 Å². The molecule has 0 N–H and O–H groups in total. The second-order valence-corrected chi connectivity index (χ2v) is 5.17. The summed E-state index contributed by atoms with van der Waals surface area (Å²) in [6.45, 7) is 6.05. The van der Waals surface area contributed by atoms with Crippen molar-refractivity contribution in [3.05, 3.63) is 58.4 Å². The molecule has 2 aromatic carbocycles. The lowest BCUT2D eigenvalue weighted by molar-refractivity contribution is 0.463. The van der Waals surface area contributed by atoms with Gasteiger partial charge in [0.25, 0.3) is 0 Å². The van der Waals surface area contributed by atoms with Crippen molar-refractivity contribution in [1.29, 1.82) is 0 Å². The smallest absolute Gasteiger partial charge is 0.134 e. The van der Waals surface area contributed by atoms with E-state index in [4.69, 9.17) is 4.74 Å². The SMILES string of the molecule is Cc1ccc(C)c(Oc2cccc(F)c2CBr)c1C. The summed E-state index contributed by atoms with van der Waals surface area (Å²) < 4.78 is 19.7. The van der Waals surface area contributed by atoms with Gasteiger partial charge in [-0.25, -0.2) is 4.39 Å². The summed E-state index contributed by atoms with van der Waals surface area (Å²) in [5.41, 5.74) is 3.85. The molecule has 0 aliphatic heterocycles. The lowest BCUT2D eigenvalue weighted by Gasteiger charge is -2.15. The van der Waals surface area contributed by atoms with Gasteiger partial charge in [0.1, 0.15) is 17.3 Å². The Morgan fingerprint density at radius 3 is 2.42 bits per heavy atom. The zero-order valence-electron chi connectivity index (χ0n) is 11.3. The fourth-order valence-corrected chi connectivity index (χ4v) is 2.50. The quantitative estimate of drug-likeness (QED) is 0.684. The average molecular weight is 323 g/mol. The Morgan fingerprint density at radius 1 is 1.05 bits per heavy atom. The summed E-state index contributed by atoms with van der Waals surface area (Å²) in [4.78, 5) is 0. The second-order valence-electron chi connectivity index (χ2n) is 4.61. The van der Waals surface area contributed by atoms with Crippen LogP contribution in [0.15, 0.2) is 30.3 Å². The fourth-order valence-electron chi connectivity index (χ4n) is 1.96. The third-order valence-electron chi connectivity index (χ3n) is 3.30. The van der Waals surface area contributed by atoms with Crippen LogP contribution in [0.5, 0.6) is 11.5 Å². The standard InChI is InChI=1S/C16H16BrFO/c1-10-7-8-11(2)16(12(10)3)19-15-6-4-5-14(18)13(15)9-17/h4-8H,9H2,1-3H3. The van der Waals surface area contributed by atoms with Crippen molar-refractivity contribution in [2.24, 2.45) is 0 Å². The number of hydrogen-bond donors (Lipinski definition) is 0. The normalized spacial score (nSPS) is 10.6. The minimum Gasteiger partial charge on any atom is -0.456 e. The minimum atomic E-state index is -0.252. The highest BCUT2D eigenvalue weighted by molar-refractivity contribution is 9.08.